The Kier molecular flexibility index (Phi) is 8.11. The Labute approximate surface area is 210 Å². The molecule has 4 aromatic rings. The second-order valence-electron chi connectivity index (χ2n) is 8.59. The Hall–Kier alpha value is -3.71. The Balaban J connectivity index is 1.55. The molecule has 0 saturated heterocycles. The molecule has 0 atom stereocenters. The number of aryl methyl sites for hydroxylation is 1. The molecule has 1 N–H and O–H groups in total. The van der Waals surface area contributed by atoms with Crippen molar-refractivity contribution in [3.05, 3.63) is 82.9 Å². The molecule has 4 rings (SSSR count). The van der Waals surface area contributed by atoms with Crippen LogP contribution >= 0.6 is 11.3 Å². The van der Waals surface area contributed by atoms with Gasteiger partial charge in [-0.2, -0.15) is 5.10 Å². The number of amidine groups is 1. The van der Waals surface area contributed by atoms with Gasteiger partial charge in [0.05, 0.1) is 35.8 Å². The molecule has 180 valence electrons. The summed E-state index contributed by atoms with van der Waals surface area (Å²) in [5.41, 5.74) is 6.93. The van der Waals surface area contributed by atoms with E-state index in [2.05, 4.69) is 37.4 Å². The molecule has 3 aromatic carbocycles. The second kappa shape index (κ2) is 11.6. The topological polar surface area (TPSA) is 68.1 Å². The molecular weight excluding hydrogens is 456 g/mol. The number of fused-ring (bicyclic) bond motifs is 1. The predicted octanol–water partition coefficient (Wildman–Crippen LogP) is 6.74. The number of hydrogen-bond donors (Lipinski definition) is 1. The number of rotatable bonds is 9. The van der Waals surface area contributed by atoms with Gasteiger partial charge < -0.3 is 9.47 Å². The molecule has 0 spiro atoms. The molecule has 7 heteroatoms. The second-order valence-corrected chi connectivity index (χ2v) is 9.62. The van der Waals surface area contributed by atoms with Crippen LogP contribution in [0.15, 0.2) is 76.8 Å². The van der Waals surface area contributed by atoms with Crippen LogP contribution in [0.5, 0.6) is 11.5 Å². The molecule has 0 aliphatic carbocycles. The number of hydrogen-bond acceptors (Lipinski definition) is 6. The zero-order valence-corrected chi connectivity index (χ0v) is 21.3. The minimum absolute atomic E-state index is 0.588. The summed E-state index contributed by atoms with van der Waals surface area (Å²) in [6.45, 7) is 7.07. The SMILES string of the molecule is COc1cc(C=NNC(=Nc2ccc(C)cc2)c2nc3ccccc3s2)ccc1OCCC(C)C. The molecular formula is C28H30N4O2S. The van der Waals surface area contributed by atoms with Gasteiger partial charge in [-0.15, -0.1) is 11.3 Å². The number of thiazole rings is 1. The van der Waals surface area contributed by atoms with E-state index < -0.39 is 0 Å². The first-order chi connectivity index (χ1) is 17.0. The first-order valence-electron chi connectivity index (χ1n) is 11.6. The van der Waals surface area contributed by atoms with Crippen LogP contribution in [0, 0.1) is 12.8 Å². The van der Waals surface area contributed by atoms with Gasteiger partial charge in [0.2, 0.25) is 0 Å². The van der Waals surface area contributed by atoms with Crippen molar-refractivity contribution in [2.45, 2.75) is 27.2 Å². The van der Waals surface area contributed by atoms with Crippen molar-refractivity contribution in [3.8, 4) is 11.5 Å². The fourth-order valence-electron chi connectivity index (χ4n) is 3.30. The first-order valence-corrected chi connectivity index (χ1v) is 12.4. The van der Waals surface area contributed by atoms with E-state index in [4.69, 9.17) is 19.5 Å². The summed E-state index contributed by atoms with van der Waals surface area (Å²) in [4.78, 5) is 9.53. The molecule has 0 bridgehead atoms. The summed E-state index contributed by atoms with van der Waals surface area (Å²) >= 11 is 1.58. The van der Waals surface area contributed by atoms with Crippen LogP contribution in [0.2, 0.25) is 0 Å². The number of aliphatic imine (C=N–C) groups is 1. The first kappa shape index (κ1) is 24.4. The van der Waals surface area contributed by atoms with E-state index in [1.807, 2.05) is 60.7 Å². The third-order valence-corrected chi connectivity index (χ3v) is 6.34. The highest BCUT2D eigenvalue weighted by Gasteiger charge is 2.11. The zero-order valence-electron chi connectivity index (χ0n) is 20.5. The standard InChI is InChI=1S/C28H30N4O2S/c1-19(2)15-16-34-24-14-11-21(17-25(24)33-4)18-29-32-27(30-22-12-9-20(3)10-13-22)28-31-23-7-5-6-8-26(23)35-28/h5-14,17-19H,15-16H2,1-4H3,(H,30,32). The predicted molar refractivity (Wildman–Crippen MR) is 146 cm³/mol. The maximum atomic E-state index is 5.89. The maximum absolute atomic E-state index is 5.89. The smallest absolute Gasteiger partial charge is 0.183 e. The molecule has 1 aromatic heterocycles. The molecule has 6 nitrogen and oxygen atoms in total. The Morgan fingerprint density at radius 1 is 1.06 bits per heavy atom. The average molecular weight is 487 g/mol. The van der Waals surface area contributed by atoms with Crippen molar-refractivity contribution >= 4 is 39.3 Å². The summed E-state index contributed by atoms with van der Waals surface area (Å²) < 4.78 is 12.5. The fourth-order valence-corrected chi connectivity index (χ4v) is 4.20. The van der Waals surface area contributed by atoms with Gasteiger partial charge in [-0.25, -0.2) is 9.98 Å². The van der Waals surface area contributed by atoms with Crippen molar-refractivity contribution in [3.63, 3.8) is 0 Å². The van der Waals surface area contributed by atoms with Crippen molar-refractivity contribution in [1.29, 1.82) is 0 Å². The van der Waals surface area contributed by atoms with E-state index in [1.165, 1.54) is 5.56 Å². The monoisotopic (exact) mass is 486 g/mol. The van der Waals surface area contributed by atoms with Crippen molar-refractivity contribution < 1.29 is 9.47 Å². The van der Waals surface area contributed by atoms with Gasteiger partial charge in [0.25, 0.3) is 0 Å². The third-order valence-electron chi connectivity index (χ3n) is 5.30. The summed E-state index contributed by atoms with van der Waals surface area (Å²) in [5.74, 6) is 2.59. The molecule has 0 fully saturated rings. The van der Waals surface area contributed by atoms with E-state index in [0.29, 0.717) is 24.1 Å². The Morgan fingerprint density at radius 2 is 1.86 bits per heavy atom. The summed E-state index contributed by atoms with van der Waals surface area (Å²) in [6.07, 6.45) is 2.73. The molecule has 35 heavy (non-hydrogen) atoms. The zero-order chi connectivity index (χ0) is 24.6. The molecule has 0 aliphatic rings. The van der Waals surface area contributed by atoms with Crippen LogP contribution in [0.3, 0.4) is 0 Å². The maximum Gasteiger partial charge on any atom is 0.183 e. The molecule has 0 aliphatic heterocycles. The van der Waals surface area contributed by atoms with Crippen molar-refractivity contribution in [1.82, 2.24) is 10.4 Å². The lowest BCUT2D eigenvalue weighted by molar-refractivity contribution is 0.273. The van der Waals surface area contributed by atoms with E-state index in [-0.39, 0.29) is 0 Å². The molecule has 1 heterocycles. The number of nitrogens with one attached hydrogen (secondary N) is 1. The number of nitrogens with zero attached hydrogens (tertiary/aromatic N) is 3. The van der Waals surface area contributed by atoms with Crippen molar-refractivity contribution in [2.24, 2.45) is 16.0 Å². The summed E-state index contributed by atoms with van der Waals surface area (Å²) in [7, 11) is 1.64. The van der Waals surface area contributed by atoms with Gasteiger partial charge >= 0.3 is 0 Å². The normalized spacial score (nSPS) is 12.0. The van der Waals surface area contributed by atoms with E-state index in [0.717, 1.165) is 38.6 Å². The van der Waals surface area contributed by atoms with E-state index in [9.17, 15) is 0 Å². The lowest BCUT2D eigenvalue weighted by Crippen LogP contribution is -2.18. The highest BCUT2D eigenvalue weighted by atomic mass is 32.1. The minimum Gasteiger partial charge on any atom is -0.493 e. The minimum atomic E-state index is 0.588. The van der Waals surface area contributed by atoms with E-state index in [1.54, 1.807) is 24.7 Å². The van der Waals surface area contributed by atoms with Gasteiger partial charge in [-0.3, -0.25) is 5.43 Å². The Bertz CT molecular complexity index is 1290. The number of benzene rings is 3. The summed E-state index contributed by atoms with van der Waals surface area (Å²) in [6, 6.07) is 21.9. The van der Waals surface area contributed by atoms with Crippen molar-refractivity contribution in [2.75, 3.05) is 13.7 Å². The van der Waals surface area contributed by atoms with Gasteiger partial charge in [0, 0.05) is 0 Å². The van der Waals surface area contributed by atoms with E-state index >= 15 is 0 Å². The number of aromatic nitrogens is 1. The van der Waals surface area contributed by atoms with Gasteiger partial charge in [-0.1, -0.05) is 43.7 Å². The number of para-hydroxylation sites is 1. The summed E-state index contributed by atoms with van der Waals surface area (Å²) in [5, 5.41) is 5.23. The third kappa shape index (κ3) is 6.67. The highest BCUT2D eigenvalue weighted by Crippen LogP contribution is 2.28. The van der Waals surface area contributed by atoms with Crippen LogP contribution in [0.25, 0.3) is 10.2 Å². The largest absolute Gasteiger partial charge is 0.493 e. The Morgan fingerprint density at radius 3 is 2.60 bits per heavy atom. The van der Waals surface area contributed by atoms with Gasteiger partial charge in [-0.05, 0) is 67.3 Å². The quantitative estimate of drug-likeness (QED) is 0.162. The van der Waals surface area contributed by atoms with Gasteiger partial charge in [0.15, 0.2) is 22.3 Å². The molecule has 0 saturated carbocycles. The van der Waals surface area contributed by atoms with Gasteiger partial charge in [0.1, 0.15) is 0 Å². The molecule has 0 unspecified atom stereocenters. The number of ether oxygens (including phenoxy) is 2. The molecule has 0 amide bonds. The molecule has 0 radical (unpaired) electrons. The number of hydrazone groups is 1. The van der Waals surface area contributed by atoms with Crippen LogP contribution < -0.4 is 14.9 Å². The van der Waals surface area contributed by atoms with Crippen LogP contribution in [-0.4, -0.2) is 30.8 Å². The highest BCUT2D eigenvalue weighted by molar-refractivity contribution is 7.20. The number of methoxy groups -OCH3 is 1. The fraction of sp³-hybridized carbons (Fsp3) is 0.250. The lowest BCUT2D eigenvalue weighted by atomic mass is 10.1. The average Bonchev–Trinajstić information content (AvgIpc) is 3.29. The van der Waals surface area contributed by atoms with Crippen LogP contribution in [-0.2, 0) is 0 Å². The van der Waals surface area contributed by atoms with Crippen LogP contribution in [0.1, 0.15) is 36.4 Å². The van der Waals surface area contributed by atoms with Crippen LogP contribution in [0.4, 0.5) is 5.69 Å². The lowest BCUT2D eigenvalue weighted by Gasteiger charge is -2.12.